The number of carbonyl (C=O) groups is 1. The minimum absolute atomic E-state index is 0. The van der Waals surface area contributed by atoms with E-state index in [1.54, 1.807) is 0 Å². The molecule has 1 aliphatic rings. The fourth-order valence-corrected chi connectivity index (χ4v) is 3.67. The summed E-state index contributed by atoms with van der Waals surface area (Å²) in [6, 6.07) is 14.5. The molecule has 0 spiro atoms. The van der Waals surface area contributed by atoms with E-state index >= 15 is 0 Å². The smallest absolute Gasteiger partial charge is 0.223 e. The Morgan fingerprint density at radius 2 is 1.92 bits per heavy atom. The summed E-state index contributed by atoms with van der Waals surface area (Å²) in [6.07, 6.45) is 3.37. The zero-order valence-corrected chi connectivity index (χ0v) is 15.8. The van der Waals surface area contributed by atoms with Crippen molar-refractivity contribution in [3.8, 4) is 0 Å². The molecule has 1 saturated heterocycles. The molecule has 0 aromatic heterocycles. The number of likely N-dealkylation sites (tertiary alicyclic amines) is 1. The predicted octanol–water partition coefficient (Wildman–Crippen LogP) is 4.60. The Hall–Kier alpha value is -2.00. The van der Waals surface area contributed by atoms with Gasteiger partial charge in [0, 0.05) is 18.7 Å². The average Bonchev–Trinajstić information content (AvgIpc) is 3.06. The lowest BCUT2D eigenvalue weighted by Crippen LogP contribution is -2.31. The molecule has 2 aromatic carbocycles. The van der Waals surface area contributed by atoms with Gasteiger partial charge in [0.2, 0.25) is 5.91 Å². The SMILES string of the molecule is Cc1cccc(C2CCCN2C(=O)CCc2ccccc2N)c1C.Cl. The van der Waals surface area contributed by atoms with E-state index in [1.165, 1.54) is 16.7 Å². The number of nitrogen functional groups attached to an aromatic ring is 1. The van der Waals surface area contributed by atoms with Crippen LogP contribution in [0.1, 0.15) is 47.6 Å². The molecule has 2 N–H and O–H groups in total. The third-order valence-corrected chi connectivity index (χ3v) is 5.24. The topological polar surface area (TPSA) is 46.3 Å². The summed E-state index contributed by atoms with van der Waals surface area (Å²) in [6.45, 7) is 5.16. The maximum absolute atomic E-state index is 12.8. The molecule has 1 aliphatic heterocycles. The highest BCUT2D eigenvalue weighted by Gasteiger charge is 2.30. The quantitative estimate of drug-likeness (QED) is 0.811. The van der Waals surface area contributed by atoms with Crippen molar-refractivity contribution < 1.29 is 4.79 Å². The summed E-state index contributed by atoms with van der Waals surface area (Å²) in [5.41, 5.74) is 11.7. The van der Waals surface area contributed by atoms with E-state index in [2.05, 4.69) is 36.9 Å². The molecule has 25 heavy (non-hydrogen) atoms. The summed E-state index contributed by atoms with van der Waals surface area (Å²) < 4.78 is 0. The highest BCUT2D eigenvalue weighted by molar-refractivity contribution is 5.85. The van der Waals surface area contributed by atoms with Crippen LogP contribution in [0.3, 0.4) is 0 Å². The van der Waals surface area contributed by atoms with Crippen LogP contribution in [0, 0.1) is 13.8 Å². The first-order valence-corrected chi connectivity index (χ1v) is 8.77. The van der Waals surface area contributed by atoms with Gasteiger partial charge in [-0.1, -0.05) is 36.4 Å². The fraction of sp³-hybridized carbons (Fsp3) is 0.381. The van der Waals surface area contributed by atoms with Gasteiger partial charge < -0.3 is 10.6 Å². The minimum atomic E-state index is 0. The monoisotopic (exact) mass is 358 g/mol. The van der Waals surface area contributed by atoms with Crippen molar-refractivity contribution in [2.45, 2.75) is 45.6 Å². The van der Waals surface area contributed by atoms with Crippen molar-refractivity contribution >= 4 is 24.0 Å². The van der Waals surface area contributed by atoms with Crippen molar-refractivity contribution in [1.29, 1.82) is 0 Å². The summed E-state index contributed by atoms with van der Waals surface area (Å²) in [5.74, 6) is 0.238. The fourth-order valence-electron chi connectivity index (χ4n) is 3.67. The molecular formula is C21H27ClN2O. The van der Waals surface area contributed by atoms with Crippen molar-refractivity contribution in [2.75, 3.05) is 12.3 Å². The lowest BCUT2D eigenvalue weighted by Gasteiger charge is -2.27. The van der Waals surface area contributed by atoms with Gasteiger partial charge in [0.15, 0.2) is 0 Å². The van der Waals surface area contributed by atoms with E-state index in [-0.39, 0.29) is 24.4 Å². The van der Waals surface area contributed by atoms with Crippen LogP contribution in [0.2, 0.25) is 0 Å². The van der Waals surface area contributed by atoms with Gasteiger partial charge in [-0.3, -0.25) is 4.79 Å². The molecule has 3 rings (SSSR count). The van der Waals surface area contributed by atoms with E-state index in [9.17, 15) is 4.79 Å². The second-order valence-electron chi connectivity index (χ2n) is 6.73. The number of hydrogen-bond acceptors (Lipinski definition) is 2. The number of nitrogens with two attached hydrogens (primary N) is 1. The molecule has 3 nitrogen and oxygen atoms in total. The first-order valence-electron chi connectivity index (χ1n) is 8.77. The zero-order chi connectivity index (χ0) is 17.1. The molecule has 1 amide bonds. The van der Waals surface area contributed by atoms with Crippen LogP contribution in [-0.2, 0) is 11.2 Å². The minimum Gasteiger partial charge on any atom is -0.399 e. The number of anilines is 1. The number of aryl methyl sites for hydroxylation is 2. The second-order valence-corrected chi connectivity index (χ2v) is 6.73. The van der Waals surface area contributed by atoms with Crippen molar-refractivity contribution in [2.24, 2.45) is 0 Å². The zero-order valence-electron chi connectivity index (χ0n) is 15.0. The number of rotatable bonds is 4. The van der Waals surface area contributed by atoms with Crippen LogP contribution < -0.4 is 5.73 Å². The molecule has 0 aliphatic carbocycles. The van der Waals surface area contributed by atoms with Crippen LogP contribution >= 0.6 is 12.4 Å². The summed E-state index contributed by atoms with van der Waals surface area (Å²) in [4.78, 5) is 14.9. The lowest BCUT2D eigenvalue weighted by molar-refractivity contribution is -0.132. The van der Waals surface area contributed by atoms with Crippen LogP contribution in [0.4, 0.5) is 5.69 Å². The number of halogens is 1. The highest BCUT2D eigenvalue weighted by Crippen LogP contribution is 2.35. The number of hydrogen-bond donors (Lipinski definition) is 1. The van der Waals surface area contributed by atoms with Gasteiger partial charge in [-0.15, -0.1) is 12.4 Å². The molecule has 1 heterocycles. The number of nitrogens with zero attached hydrogens (tertiary/aromatic N) is 1. The second kappa shape index (κ2) is 8.39. The molecule has 134 valence electrons. The van der Waals surface area contributed by atoms with E-state index < -0.39 is 0 Å². The Morgan fingerprint density at radius 3 is 2.68 bits per heavy atom. The van der Waals surface area contributed by atoms with Crippen molar-refractivity contribution in [3.05, 3.63) is 64.7 Å². The Kier molecular flexibility index (Phi) is 6.49. The van der Waals surface area contributed by atoms with E-state index in [4.69, 9.17) is 5.73 Å². The Bertz CT molecular complexity index is 744. The summed E-state index contributed by atoms with van der Waals surface area (Å²) >= 11 is 0. The Balaban J connectivity index is 0.00000225. The van der Waals surface area contributed by atoms with Crippen molar-refractivity contribution in [1.82, 2.24) is 4.90 Å². The van der Waals surface area contributed by atoms with Gasteiger partial charge in [0.1, 0.15) is 0 Å². The van der Waals surface area contributed by atoms with Gasteiger partial charge in [-0.25, -0.2) is 0 Å². The number of benzene rings is 2. The summed E-state index contributed by atoms with van der Waals surface area (Å²) in [7, 11) is 0. The maximum atomic E-state index is 12.8. The molecule has 0 saturated carbocycles. The molecule has 2 aromatic rings. The Labute approximate surface area is 156 Å². The average molecular weight is 359 g/mol. The first-order chi connectivity index (χ1) is 11.6. The van der Waals surface area contributed by atoms with Gasteiger partial charge >= 0.3 is 0 Å². The van der Waals surface area contributed by atoms with Crippen LogP contribution in [0.25, 0.3) is 0 Å². The Morgan fingerprint density at radius 1 is 1.16 bits per heavy atom. The molecule has 4 heteroatoms. The molecule has 0 radical (unpaired) electrons. The van der Waals surface area contributed by atoms with E-state index in [0.717, 1.165) is 30.6 Å². The number of carbonyl (C=O) groups excluding carboxylic acids is 1. The van der Waals surface area contributed by atoms with Gasteiger partial charge in [0.25, 0.3) is 0 Å². The standard InChI is InChI=1S/C21H26N2O.ClH/c1-15-7-5-9-18(16(15)2)20-11-6-14-23(20)21(24)13-12-17-8-3-4-10-19(17)22;/h3-5,7-10,20H,6,11-14,22H2,1-2H3;1H. The molecule has 1 atom stereocenters. The third kappa shape index (κ3) is 4.16. The first kappa shape index (κ1) is 19.3. The van der Waals surface area contributed by atoms with E-state index in [0.29, 0.717) is 12.8 Å². The van der Waals surface area contributed by atoms with E-state index in [1.807, 2.05) is 24.3 Å². The molecule has 1 unspecified atom stereocenters. The van der Waals surface area contributed by atoms with Crippen LogP contribution in [0.15, 0.2) is 42.5 Å². The van der Waals surface area contributed by atoms with Gasteiger partial charge in [-0.05, 0) is 61.4 Å². The molecular weight excluding hydrogens is 332 g/mol. The van der Waals surface area contributed by atoms with Crippen LogP contribution in [-0.4, -0.2) is 17.4 Å². The van der Waals surface area contributed by atoms with Gasteiger partial charge in [-0.2, -0.15) is 0 Å². The van der Waals surface area contributed by atoms with Crippen LogP contribution in [0.5, 0.6) is 0 Å². The molecule has 0 bridgehead atoms. The third-order valence-electron chi connectivity index (χ3n) is 5.24. The maximum Gasteiger partial charge on any atom is 0.223 e. The predicted molar refractivity (Wildman–Crippen MR) is 106 cm³/mol. The van der Waals surface area contributed by atoms with Crippen molar-refractivity contribution in [3.63, 3.8) is 0 Å². The molecule has 1 fully saturated rings. The number of para-hydroxylation sites is 1. The van der Waals surface area contributed by atoms with Gasteiger partial charge in [0.05, 0.1) is 6.04 Å². The highest BCUT2D eigenvalue weighted by atomic mass is 35.5. The normalized spacial score (nSPS) is 16.6. The summed E-state index contributed by atoms with van der Waals surface area (Å²) in [5, 5.41) is 0. The number of amides is 1. The lowest BCUT2D eigenvalue weighted by atomic mass is 9.95. The largest absolute Gasteiger partial charge is 0.399 e.